The summed E-state index contributed by atoms with van der Waals surface area (Å²) in [4.78, 5) is 11.2. The van der Waals surface area contributed by atoms with Crippen LogP contribution in [0.3, 0.4) is 0 Å². The third-order valence-electron chi connectivity index (χ3n) is 2.55. The average molecular weight is 244 g/mol. The molecule has 0 aliphatic carbocycles. The van der Waals surface area contributed by atoms with E-state index in [1.165, 1.54) is 6.92 Å². The molecular weight excluding hydrogens is 228 g/mol. The van der Waals surface area contributed by atoms with Crippen LogP contribution in [0.2, 0.25) is 0 Å². The first-order chi connectivity index (χ1) is 8.58. The smallest absolute Gasteiger partial charge is 0.221 e. The molecule has 1 aromatic heterocycles. The molecule has 1 N–H and O–H groups in total. The molecule has 2 aromatic rings. The van der Waals surface area contributed by atoms with E-state index in [9.17, 15) is 4.79 Å². The number of aromatic nitrogens is 3. The van der Waals surface area contributed by atoms with Gasteiger partial charge in [0.25, 0.3) is 0 Å². The molecule has 5 nitrogen and oxygen atoms in total. The van der Waals surface area contributed by atoms with E-state index < -0.39 is 0 Å². The first-order valence-electron chi connectivity index (χ1n) is 5.86. The van der Waals surface area contributed by atoms with Crippen LogP contribution in [0.25, 0.3) is 11.3 Å². The molecule has 1 heterocycles. The Balaban J connectivity index is 2.39. The van der Waals surface area contributed by atoms with Crippen molar-refractivity contribution in [1.82, 2.24) is 15.0 Å². The zero-order valence-corrected chi connectivity index (χ0v) is 10.7. The van der Waals surface area contributed by atoms with Crippen molar-refractivity contribution in [2.75, 3.05) is 5.32 Å². The summed E-state index contributed by atoms with van der Waals surface area (Å²) in [6, 6.07) is 7.82. The first-order valence-corrected chi connectivity index (χ1v) is 5.86. The number of para-hydroxylation sites is 1. The maximum absolute atomic E-state index is 11.2. The van der Waals surface area contributed by atoms with E-state index in [0.717, 1.165) is 16.9 Å². The predicted molar refractivity (Wildman–Crippen MR) is 70.1 cm³/mol. The second-order valence-electron chi connectivity index (χ2n) is 4.40. The van der Waals surface area contributed by atoms with E-state index in [0.29, 0.717) is 0 Å². The summed E-state index contributed by atoms with van der Waals surface area (Å²) in [7, 11) is 0. The van der Waals surface area contributed by atoms with E-state index in [1.54, 1.807) is 4.68 Å². The van der Waals surface area contributed by atoms with Crippen molar-refractivity contribution in [3.05, 3.63) is 30.5 Å². The van der Waals surface area contributed by atoms with Gasteiger partial charge in [-0.1, -0.05) is 23.4 Å². The number of nitrogens with one attached hydrogen (secondary N) is 1. The molecule has 2 rings (SSSR count). The number of amides is 1. The summed E-state index contributed by atoms with van der Waals surface area (Å²) in [6.45, 7) is 5.57. The van der Waals surface area contributed by atoms with Gasteiger partial charge >= 0.3 is 0 Å². The monoisotopic (exact) mass is 244 g/mol. The Kier molecular flexibility index (Phi) is 3.41. The SMILES string of the molecule is CC(=O)Nc1ccccc1-c1cn(C(C)C)nn1. The Morgan fingerprint density at radius 2 is 2.06 bits per heavy atom. The fraction of sp³-hybridized carbons (Fsp3) is 0.308. The highest BCUT2D eigenvalue weighted by molar-refractivity contribution is 5.93. The van der Waals surface area contributed by atoms with Crippen molar-refractivity contribution in [3.8, 4) is 11.3 Å². The van der Waals surface area contributed by atoms with Gasteiger partial charge in [0.1, 0.15) is 5.69 Å². The lowest BCUT2D eigenvalue weighted by molar-refractivity contribution is -0.114. The molecule has 0 saturated carbocycles. The van der Waals surface area contributed by atoms with Gasteiger partial charge in [-0.25, -0.2) is 4.68 Å². The number of hydrogen-bond acceptors (Lipinski definition) is 3. The highest BCUT2D eigenvalue weighted by atomic mass is 16.1. The Morgan fingerprint density at radius 3 is 2.67 bits per heavy atom. The zero-order chi connectivity index (χ0) is 13.1. The molecule has 0 aliphatic rings. The predicted octanol–water partition coefficient (Wildman–Crippen LogP) is 2.48. The average Bonchev–Trinajstić information content (AvgIpc) is 2.78. The van der Waals surface area contributed by atoms with E-state index >= 15 is 0 Å². The van der Waals surface area contributed by atoms with Crippen LogP contribution in [0, 0.1) is 0 Å². The van der Waals surface area contributed by atoms with Crippen LogP contribution in [0.5, 0.6) is 0 Å². The third kappa shape index (κ3) is 2.56. The normalized spacial score (nSPS) is 10.7. The van der Waals surface area contributed by atoms with Gasteiger partial charge < -0.3 is 5.32 Å². The number of anilines is 1. The Labute approximate surface area is 106 Å². The molecule has 0 atom stereocenters. The molecular formula is C13H16N4O. The molecule has 0 unspecified atom stereocenters. The summed E-state index contributed by atoms with van der Waals surface area (Å²) in [5.74, 6) is -0.0984. The largest absolute Gasteiger partial charge is 0.326 e. The highest BCUT2D eigenvalue weighted by Crippen LogP contribution is 2.26. The Hall–Kier alpha value is -2.17. The molecule has 0 fully saturated rings. The number of nitrogens with zero attached hydrogens (tertiary/aromatic N) is 3. The molecule has 0 bridgehead atoms. The fourth-order valence-electron chi connectivity index (χ4n) is 1.66. The van der Waals surface area contributed by atoms with Crippen molar-refractivity contribution in [2.24, 2.45) is 0 Å². The van der Waals surface area contributed by atoms with Gasteiger partial charge in [-0.3, -0.25) is 4.79 Å². The lowest BCUT2D eigenvalue weighted by atomic mass is 10.1. The second-order valence-corrected chi connectivity index (χ2v) is 4.40. The van der Waals surface area contributed by atoms with Crippen LogP contribution in [0.15, 0.2) is 30.5 Å². The lowest BCUT2D eigenvalue weighted by Gasteiger charge is -2.07. The summed E-state index contributed by atoms with van der Waals surface area (Å²) in [5, 5.41) is 11.0. The minimum Gasteiger partial charge on any atom is -0.326 e. The van der Waals surface area contributed by atoms with Crippen LogP contribution in [0.4, 0.5) is 5.69 Å². The van der Waals surface area contributed by atoms with Gasteiger partial charge in [0.15, 0.2) is 0 Å². The Morgan fingerprint density at radius 1 is 1.33 bits per heavy atom. The van der Waals surface area contributed by atoms with Crippen LogP contribution in [-0.4, -0.2) is 20.9 Å². The van der Waals surface area contributed by atoms with Crippen LogP contribution in [-0.2, 0) is 4.79 Å². The maximum atomic E-state index is 11.2. The van der Waals surface area contributed by atoms with E-state index in [-0.39, 0.29) is 11.9 Å². The molecule has 18 heavy (non-hydrogen) atoms. The lowest BCUT2D eigenvalue weighted by Crippen LogP contribution is -2.06. The molecule has 0 spiro atoms. The molecule has 94 valence electrons. The molecule has 0 radical (unpaired) electrons. The van der Waals surface area contributed by atoms with Crippen LogP contribution in [0.1, 0.15) is 26.8 Å². The van der Waals surface area contributed by atoms with E-state index in [4.69, 9.17) is 0 Å². The van der Waals surface area contributed by atoms with Gasteiger partial charge in [0.2, 0.25) is 5.91 Å². The van der Waals surface area contributed by atoms with Crippen molar-refractivity contribution < 1.29 is 4.79 Å². The zero-order valence-electron chi connectivity index (χ0n) is 10.7. The maximum Gasteiger partial charge on any atom is 0.221 e. The standard InChI is InChI=1S/C13H16N4O/c1-9(2)17-8-13(15-16-17)11-6-4-5-7-12(11)14-10(3)18/h4-9H,1-3H3,(H,14,18). The van der Waals surface area contributed by atoms with Crippen molar-refractivity contribution >= 4 is 11.6 Å². The van der Waals surface area contributed by atoms with Crippen molar-refractivity contribution in [2.45, 2.75) is 26.8 Å². The molecule has 0 saturated heterocycles. The summed E-state index contributed by atoms with van der Waals surface area (Å²) < 4.78 is 1.79. The number of carbonyl (C=O) groups is 1. The summed E-state index contributed by atoms with van der Waals surface area (Å²) in [5.41, 5.74) is 2.38. The third-order valence-corrected chi connectivity index (χ3v) is 2.55. The number of benzene rings is 1. The van der Waals surface area contributed by atoms with Crippen LogP contribution < -0.4 is 5.32 Å². The summed E-state index contributed by atoms with van der Waals surface area (Å²) in [6.07, 6.45) is 1.88. The van der Waals surface area contributed by atoms with E-state index in [2.05, 4.69) is 15.6 Å². The highest BCUT2D eigenvalue weighted by Gasteiger charge is 2.10. The number of carbonyl (C=O) groups excluding carboxylic acids is 1. The topological polar surface area (TPSA) is 59.8 Å². The van der Waals surface area contributed by atoms with Gasteiger partial charge in [-0.15, -0.1) is 5.10 Å². The number of rotatable bonds is 3. The van der Waals surface area contributed by atoms with Crippen molar-refractivity contribution in [1.29, 1.82) is 0 Å². The van der Waals surface area contributed by atoms with Crippen molar-refractivity contribution in [3.63, 3.8) is 0 Å². The van der Waals surface area contributed by atoms with Gasteiger partial charge in [-0.2, -0.15) is 0 Å². The molecule has 5 heteroatoms. The van der Waals surface area contributed by atoms with Gasteiger partial charge in [0, 0.05) is 18.5 Å². The molecule has 1 aromatic carbocycles. The van der Waals surface area contributed by atoms with E-state index in [1.807, 2.05) is 44.3 Å². The minimum absolute atomic E-state index is 0.0984. The molecule has 1 amide bonds. The molecule has 0 aliphatic heterocycles. The van der Waals surface area contributed by atoms with Gasteiger partial charge in [-0.05, 0) is 19.9 Å². The second kappa shape index (κ2) is 5.00. The Bertz CT molecular complexity index is 560. The van der Waals surface area contributed by atoms with Gasteiger partial charge in [0.05, 0.1) is 11.9 Å². The summed E-state index contributed by atoms with van der Waals surface area (Å²) >= 11 is 0. The minimum atomic E-state index is -0.0984. The fourth-order valence-corrected chi connectivity index (χ4v) is 1.66. The quantitative estimate of drug-likeness (QED) is 0.902. The van der Waals surface area contributed by atoms with Crippen LogP contribution >= 0.6 is 0 Å². The number of hydrogen-bond donors (Lipinski definition) is 1. The first kappa shape index (κ1) is 12.3.